The number of hydrogen-bond donors (Lipinski definition) is 0. The van der Waals surface area contributed by atoms with Gasteiger partial charge < -0.3 is 21.7 Å². The van der Waals surface area contributed by atoms with Crippen LogP contribution in [0, 0.1) is 6.92 Å². The van der Waals surface area contributed by atoms with E-state index in [0.29, 0.717) is 6.61 Å². The minimum atomic E-state index is 0. The number of hydrogen-bond acceptors (Lipinski definition) is 2. The van der Waals surface area contributed by atoms with Crippen molar-refractivity contribution in [3.05, 3.63) is 78.4 Å². The first-order valence-corrected chi connectivity index (χ1v) is 7.94. The molecule has 1 heterocycles. The summed E-state index contributed by atoms with van der Waals surface area (Å²) in [6.45, 7) is 4.52. The maximum Gasteiger partial charge on any atom is 0.265 e. The molecule has 0 N–H and O–H groups in total. The molecule has 0 fully saturated rings. The van der Waals surface area contributed by atoms with Gasteiger partial charge >= 0.3 is 0 Å². The van der Waals surface area contributed by atoms with Crippen LogP contribution in [-0.2, 0) is 13.1 Å². The van der Waals surface area contributed by atoms with E-state index >= 15 is 0 Å². The van der Waals surface area contributed by atoms with Crippen molar-refractivity contribution in [3.63, 3.8) is 0 Å². The van der Waals surface area contributed by atoms with E-state index in [9.17, 15) is 0 Å². The van der Waals surface area contributed by atoms with Gasteiger partial charge in [-0.05, 0) is 24.6 Å². The quantitative estimate of drug-likeness (QED) is 0.422. The Hall–Kier alpha value is -2.14. The van der Waals surface area contributed by atoms with Crippen molar-refractivity contribution < 1.29 is 26.3 Å². The lowest BCUT2D eigenvalue weighted by Crippen LogP contribution is -3.00. The summed E-state index contributed by atoms with van der Waals surface area (Å²) in [6, 6.07) is 18.4. The van der Waals surface area contributed by atoms with Gasteiger partial charge in [0.05, 0.1) is 13.2 Å². The maximum atomic E-state index is 5.70. The highest BCUT2D eigenvalue weighted by molar-refractivity contribution is 5.22. The largest absolute Gasteiger partial charge is 1.00 e. The van der Waals surface area contributed by atoms with Gasteiger partial charge in [-0.15, -0.1) is 4.68 Å². The monoisotopic (exact) mass is 387 g/mol. The smallest absolute Gasteiger partial charge is 0.265 e. The summed E-state index contributed by atoms with van der Waals surface area (Å²) in [5, 5.41) is 4.42. The van der Waals surface area contributed by atoms with Crippen molar-refractivity contribution in [1.82, 2.24) is 9.78 Å². The van der Waals surface area contributed by atoms with Crippen molar-refractivity contribution in [1.29, 1.82) is 0 Å². The van der Waals surface area contributed by atoms with Crippen LogP contribution in [0.2, 0.25) is 0 Å². The second-order valence-electron chi connectivity index (χ2n) is 5.69. The molecular formula is C19H22BrN3O. The van der Waals surface area contributed by atoms with Crippen molar-refractivity contribution in [2.75, 3.05) is 6.61 Å². The minimum Gasteiger partial charge on any atom is -1.00 e. The molecular weight excluding hydrogens is 366 g/mol. The Morgan fingerprint density at radius 2 is 1.92 bits per heavy atom. The molecule has 3 rings (SSSR count). The first kappa shape index (κ1) is 18.2. The van der Waals surface area contributed by atoms with Gasteiger partial charge in [-0.3, -0.25) is 0 Å². The van der Waals surface area contributed by atoms with E-state index < -0.39 is 0 Å². The van der Waals surface area contributed by atoms with Crippen molar-refractivity contribution in [3.8, 4) is 5.75 Å². The standard InChI is InChI=1S/C19H22N3O.BrH/c1-17-7-5-8-18(13-17)14-22-16-21(15-20-22)11-6-12-23-19-9-3-2-4-10-19;/h2-5,7-10,13,15-16H,6,11-12,14H2,1H3;1H/q+1;/p-1. The molecule has 1 aromatic heterocycles. The van der Waals surface area contributed by atoms with E-state index in [0.717, 1.165) is 25.3 Å². The minimum absolute atomic E-state index is 0. The highest BCUT2D eigenvalue weighted by Crippen LogP contribution is 2.08. The molecule has 0 aliphatic rings. The number of halogens is 1. The van der Waals surface area contributed by atoms with Crippen LogP contribution in [0.5, 0.6) is 5.75 Å². The normalized spacial score (nSPS) is 10.2. The molecule has 0 atom stereocenters. The Bertz CT molecular complexity index is 743. The topological polar surface area (TPSA) is 30.9 Å². The fourth-order valence-corrected chi connectivity index (χ4v) is 2.51. The summed E-state index contributed by atoms with van der Waals surface area (Å²) in [6.07, 6.45) is 4.87. The predicted octanol–water partition coefficient (Wildman–Crippen LogP) is 0.000420. The van der Waals surface area contributed by atoms with E-state index in [2.05, 4.69) is 40.9 Å². The second-order valence-corrected chi connectivity index (χ2v) is 5.69. The van der Waals surface area contributed by atoms with Crippen LogP contribution in [-0.4, -0.2) is 16.4 Å². The number of ether oxygens (including phenoxy) is 1. The molecule has 5 heteroatoms. The van der Waals surface area contributed by atoms with Gasteiger partial charge in [0.15, 0.2) is 0 Å². The Balaban J connectivity index is 0.00000208. The number of benzene rings is 2. The summed E-state index contributed by atoms with van der Waals surface area (Å²) in [4.78, 5) is 0. The lowest BCUT2D eigenvalue weighted by Gasteiger charge is -2.04. The summed E-state index contributed by atoms with van der Waals surface area (Å²) in [5.74, 6) is 0.924. The fraction of sp³-hybridized carbons (Fsp3) is 0.263. The molecule has 0 saturated heterocycles. The first-order chi connectivity index (χ1) is 11.3. The van der Waals surface area contributed by atoms with E-state index in [4.69, 9.17) is 4.74 Å². The van der Waals surface area contributed by atoms with Gasteiger partial charge in [-0.2, -0.15) is 0 Å². The third kappa shape index (κ3) is 5.49. The van der Waals surface area contributed by atoms with Crippen LogP contribution in [0.4, 0.5) is 0 Å². The lowest BCUT2D eigenvalue weighted by molar-refractivity contribution is -0.698. The zero-order chi connectivity index (χ0) is 15.9. The van der Waals surface area contributed by atoms with Gasteiger partial charge in [0.25, 0.3) is 6.33 Å². The van der Waals surface area contributed by atoms with Crippen LogP contribution in [0.3, 0.4) is 0 Å². The number of aryl methyl sites for hydroxylation is 2. The van der Waals surface area contributed by atoms with Crippen LogP contribution in [0.15, 0.2) is 67.3 Å². The molecule has 0 aliphatic heterocycles. The van der Waals surface area contributed by atoms with Gasteiger partial charge in [0.2, 0.25) is 6.33 Å². The SMILES string of the molecule is Cc1cccc(Cn2c[n+](CCCOc3ccccc3)cn2)c1.[Br-]. The predicted molar refractivity (Wildman–Crippen MR) is 89.3 cm³/mol. The van der Waals surface area contributed by atoms with E-state index in [1.54, 1.807) is 0 Å². The third-order valence-corrected chi connectivity index (χ3v) is 3.63. The Labute approximate surface area is 153 Å². The molecule has 24 heavy (non-hydrogen) atoms. The molecule has 0 bridgehead atoms. The third-order valence-electron chi connectivity index (χ3n) is 3.63. The Morgan fingerprint density at radius 1 is 1.08 bits per heavy atom. The van der Waals surface area contributed by atoms with E-state index in [-0.39, 0.29) is 17.0 Å². The summed E-state index contributed by atoms with van der Waals surface area (Å²) < 4.78 is 9.77. The molecule has 2 aromatic carbocycles. The molecule has 0 amide bonds. The van der Waals surface area contributed by atoms with Crippen molar-refractivity contribution >= 4 is 0 Å². The van der Waals surface area contributed by atoms with Gasteiger partial charge in [0, 0.05) is 11.5 Å². The number of para-hydroxylation sites is 1. The van der Waals surface area contributed by atoms with Gasteiger partial charge in [0.1, 0.15) is 12.3 Å². The van der Waals surface area contributed by atoms with E-state index in [1.807, 2.05) is 47.7 Å². The van der Waals surface area contributed by atoms with E-state index in [1.165, 1.54) is 11.1 Å². The number of nitrogens with zero attached hydrogens (tertiary/aromatic N) is 3. The van der Waals surface area contributed by atoms with Crippen LogP contribution < -0.4 is 26.3 Å². The average molecular weight is 388 g/mol. The molecule has 0 aliphatic carbocycles. The molecule has 0 unspecified atom stereocenters. The summed E-state index contributed by atoms with van der Waals surface area (Å²) in [5.41, 5.74) is 2.55. The zero-order valence-corrected chi connectivity index (χ0v) is 15.4. The Morgan fingerprint density at radius 3 is 2.71 bits per heavy atom. The highest BCUT2D eigenvalue weighted by Gasteiger charge is 2.06. The van der Waals surface area contributed by atoms with Crippen molar-refractivity contribution in [2.24, 2.45) is 0 Å². The average Bonchev–Trinajstić information content (AvgIpc) is 3.00. The zero-order valence-electron chi connectivity index (χ0n) is 13.8. The van der Waals surface area contributed by atoms with Gasteiger partial charge in [-0.25, -0.2) is 4.57 Å². The highest BCUT2D eigenvalue weighted by atomic mass is 79.9. The molecule has 0 radical (unpaired) electrons. The first-order valence-electron chi connectivity index (χ1n) is 7.94. The summed E-state index contributed by atoms with van der Waals surface area (Å²) >= 11 is 0. The molecule has 0 spiro atoms. The van der Waals surface area contributed by atoms with Crippen LogP contribution in [0.25, 0.3) is 0 Å². The number of aromatic nitrogens is 3. The molecule has 0 saturated carbocycles. The molecule has 4 nitrogen and oxygen atoms in total. The Kier molecular flexibility index (Phi) is 7.00. The molecule has 126 valence electrons. The van der Waals surface area contributed by atoms with Gasteiger partial charge in [-0.1, -0.05) is 48.0 Å². The maximum absolute atomic E-state index is 5.70. The second kappa shape index (κ2) is 9.23. The van der Waals surface area contributed by atoms with Crippen LogP contribution >= 0.6 is 0 Å². The number of rotatable bonds is 7. The lowest BCUT2D eigenvalue weighted by atomic mass is 10.1. The molecule has 3 aromatic rings. The summed E-state index contributed by atoms with van der Waals surface area (Å²) in [7, 11) is 0. The van der Waals surface area contributed by atoms with Crippen LogP contribution in [0.1, 0.15) is 17.5 Å². The fourth-order valence-electron chi connectivity index (χ4n) is 2.51. The van der Waals surface area contributed by atoms with Crippen molar-refractivity contribution in [2.45, 2.75) is 26.4 Å².